The summed E-state index contributed by atoms with van der Waals surface area (Å²) in [5.41, 5.74) is 1.17. The van der Waals surface area contributed by atoms with Gasteiger partial charge in [0.1, 0.15) is 0 Å². The lowest BCUT2D eigenvalue weighted by Gasteiger charge is -2.15. The van der Waals surface area contributed by atoms with E-state index in [4.69, 9.17) is 0 Å². The number of aromatic nitrogens is 1. The Hall–Kier alpha value is -1.90. The first-order valence-electron chi connectivity index (χ1n) is 5.76. The first-order chi connectivity index (χ1) is 8.07. The van der Waals surface area contributed by atoms with Gasteiger partial charge in [0.15, 0.2) is 17.9 Å². The summed E-state index contributed by atoms with van der Waals surface area (Å²) >= 11 is 0. The molecule has 0 aliphatic carbocycles. The van der Waals surface area contributed by atoms with Crippen LogP contribution in [0.2, 0.25) is 0 Å². The number of pyridine rings is 1. The number of rotatable bonds is 1. The standard InChI is InChI=1S/C14H18N3/c1-14(2,3)16-11-7-13(8-12-16)17-10-6-4-5-9-15-17/h4-12H,1-3H3/q+1. The van der Waals surface area contributed by atoms with Gasteiger partial charge in [0.25, 0.3) is 0 Å². The number of hydrogen-bond acceptors (Lipinski definition) is 2. The van der Waals surface area contributed by atoms with Crippen molar-refractivity contribution in [2.75, 3.05) is 5.01 Å². The van der Waals surface area contributed by atoms with Crippen molar-refractivity contribution in [2.45, 2.75) is 26.3 Å². The Balaban J connectivity index is 2.24. The minimum Gasteiger partial charge on any atom is -0.241 e. The summed E-state index contributed by atoms with van der Waals surface area (Å²) in [5.74, 6) is 0. The van der Waals surface area contributed by atoms with Crippen LogP contribution in [-0.2, 0) is 5.54 Å². The molecule has 0 radical (unpaired) electrons. The summed E-state index contributed by atoms with van der Waals surface area (Å²) in [6.07, 6.45) is 13.7. The first kappa shape index (κ1) is 11.6. The average Bonchev–Trinajstić information content (AvgIpc) is 2.56. The molecule has 0 unspecified atom stereocenters. The van der Waals surface area contributed by atoms with Crippen molar-refractivity contribution in [1.82, 2.24) is 0 Å². The van der Waals surface area contributed by atoms with Crippen LogP contribution in [0.1, 0.15) is 20.8 Å². The molecule has 0 saturated carbocycles. The van der Waals surface area contributed by atoms with Gasteiger partial charge in [-0.05, 0) is 12.2 Å². The average molecular weight is 228 g/mol. The van der Waals surface area contributed by atoms with Gasteiger partial charge >= 0.3 is 0 Å². The number of anilines is 1. The largest absolute Gasteiger partial charge is 0.241 e. The monoisotopic (exact) mass is 228 g/mol. The molecule has 0 N–H and O–H groups in total. The fraction of sp³-hybridized carbons (Fsp3) is 0.286. The van der Waals surface area contributed by atoms with E-state index in [1.165, 1.54) is 0 Å². The molecule has 0 bridgehead atoms. The third kappa shape index (κ3) is 2.81. The molecule has 1 aliphatic rings. The highest BCUT2D eigenvalue weighted by molar-refractivity contribution is 5.74. The Bertz CT molecular complexity index is 445. The van der Waals surface area contributed by atoms with E-state index >= 15 is 0 Å². The molecule has 0 amide bonds. The highest BCUT2D eigenvalue weighted by Gasteiger charge is 2.20. The van der Waals surface area contributed by atoms with E-state index in [-0.39, 0.29) is 5.54 Å². The molecule has 0 spiro atoms. The van der Waals surface area contributed by atoms with Crippen molar-refractivity contribution in [3.05, 3.63) is 49.0 Å². The highest BCUT2D eigenvalue weighted by Crippen LogP contribution is 2.14. The Morgan fingerprint density at radius 3 is 2.41 bits per heavy atom. The number of allylic oxidation sites excluding steroid dienone is 3. The SMILES string of the molecule is CC(C)(C)[n+]1ccc(N2C=CC=CC=N2)cc1. The van der Waals surface area contributed by atoms with Crippen molar-refractivity contribution in [3.63, 3.8) is 0 Å². The van der Waals surface area contributed by atoms with Crippen LogP contribution in [0.15, 0.2) is 54.1 Å². The lowest BCUT2D eigenvalue weighted by atomic mass is 10.1. The molecule has 1 aromatic rings. The van der Waals surface area contributed by atoms with Crippen LogP contribution < -0.4 is 9.58 Å². The molecule has 1 aliphatic heterocycles. The van der Waals surface area contributed by atoms with Gasteiger partial charge in [0.05, 0.1) is 5.69 Å². The van der Waals surface area contributed by atoms with Crippen LogP contribution in [0.4, 0.5) is 5.69 Å². The molecule has 2 heterocycles. The summed E-state index contributed by atoms with van der Waals surface area (Å²) < 4.78 is 2.18. The number of hydrazone groups is 1. The van der Waals surface area contributed by atoms with Gasteiger partial charge in [-0.3, -0.25) is 0 Å². The Labute approximate surface area is 102 Å². The summed E-state index contributed by atoms with van der Waals surface area (Å²) in [7, 11) is 0. The van der Waals surface area contributed by atoms with Crippen molar-refractivity contribution >= 4 is 11.9 Å². The van der Waals surface area contributed by atoms with Crippen molar-refractivity contribution in [3.8, 4) is 0 Å². The van der Waals surface area contributed by atoms with Crippen LogP contribution in [-0.4, -0.2) is 6.21 Å². The second-order valence-corrected chi connectivity index (χ2v) is 4.97. The summed E-state index contributed by atoms with van der Waals surface area (Å²) in [6.45, 7) is 6.54. The first-order valence-corrected chi connectivity index (χ1v) is 5.76. The third-order valence-corrected chi connectivity index (χ3v) is 2.58. The Morgan fingerprint density at radius 2 is 1.76 bits per heavy atom. The molecule has 3 heteroatoms. The van der Waals surface area contributed by atoms with Gasteiger partial charge < -0.3 is 0 Å². The van der Waals surface area contributed by atoms with E-state index in [9.17, 15) is 0 Å². The fourth-order valence-corrected chi connectivity index (χ4v) is 1.57. The maximum absolute atomic E-state index is 4.31. The maximum Gasteiger partial charge on any atom is 0.171 e. The quantitative estimate of drug-likeness (QED) is 0.676. The Morgan fingerprint density at radius 1 is 1.06 bits per heavy atom. The molecule has 17 heavy (non-hydrogen) atoms. The lowest BCUT2D eigenvalue weighted by molar-refractivity contribution is -0.754. The van der Waals surface area contributed by atoms with Crippen LogP contribution in [0, 0.1) is 0 Å². The zero-order valence-electron chi connectivity index (χ0n) is 10.5. The van der Waals surface area contributed by atoms with Crippen molar-refractivity contribution in [1.29, 1.82) is 0 Å². The van der Waals surface area contributed by atoms with Crippen LogP contribution in [0.5, 0.6) is 0 Å². The Kier molecular flexibility index (Phi) is 3.09. The van der Waals surface area contributed by atoms with Gasteiger partial charge in [-0.2, -0.15) is 5.10 Å². The molecule has 0 aromatic carbocycles. The van der Waals surface area contributed by atoms with Crippen molar-refractivity contribution < 1.29 is 4.57 Å². The van der Waals surface area contributed by atoms with Gasteiger partial charge in [-0.15, -0.1) is 0 Å². The van der Waals surface area contributed by atoms with Gasteiger partial charge in [0, 0.05) is 45.3 Å². The smallest absolute Gasteiger partial charge is 0.171 e. The summed E-state index contributed by atoms with van der Waals surface area (Å²) in [6, 6.07) is 4.14. The number of hydrogen-bond donors (Lipinski definition) is 0. The normalized spacial score (nSPS) is 15.1. The van der Waals surface area contributed by atoms with Crippen molar-refractivity contribution in [2.24, 2.45) is 5.10 Å². The van der Waals surface area contributed by atoms with Crippen LogP contribution in [0.25, 0.3) is 0 Å². The van der Waals surface area contributed by atoms with E-state index in [1.54, 1.807) is 6.21 Å². The summed E-state index contributed by atoms with van der Waals surface area (Å²) in [5, 5.41) is 6.16. The van der Waals surface area contributed by atoms with E-state index in [2.05, 4.69) is 55.0 Å². The predicted octanol–water partition coefficient (Wildman–Crippen LogP) is 2.60. The molecule has 0 saturated heterocycles. The van der Waals surface area contributed by atoms with Gasteiger partial charge in [-0.1, -0.05) is 6.08 Å². The summed E-state index contributed by atoms with van der Waals surface area (Å²) in [4.78, 5) is 0. The zero-order chi connectivity index (χ0) is 12.3. The van der Waals surface area contributed by atoms with Crippen LogP contribution >= 0.6 is 0 Å². The molecule has 88 valence electrons. The van der Waals surface area contributed by atoms with Crippen LogP contribution in [0.3, 0.4) is 0 Å². The van der Waals surface area contributed by atoms with Gasteiger partial charge in [-0.25, -0.2) is 9.58 Å². The molecule has 3 nitrogen and oxygen atoms in total. The lowest BCUT2D eigenvalue weighted by Crippen LogP contribution is -2.49. The minimum atomic E-state index is 0.109. The third-order valence-electron chi connectivity index (χ3n) is 2.58. The second kappa shape index (κ2) is 4.53. The van der Waals surface area contributed by atoms with E-state index in [0.717, 1.165) is 5.69 Å². The highest BCUT2D eigenvalue weighted by atomic mass is 15.4. The zero-order valence-corrected chi connectivity index (χ0v) is 10.5. The number of nitrogens with zero attached hydrogens (tertiary/aromatic N) is 3. The van der Waals surface area contributed by atoms with Gasteiger partial charge in [0.2, 0.25) is 0 Å². The van der Waals surface area contributed by atoms with E-state index in [1.807, 2.05) is 29.4 Å². The molecular weight excluding hydrogens is 210 g/mol. The molecule has 1 aromatic heterocycles. The molecular formula is C14H18N3+. The van der Waals surface area contributed by atoms with E-state index < -0.39 is 0 Å². The molecule has 0 atom stereocenters. The molecule has 2 rings (SSSR count). The maximum atomic E-state index is 4.31. The minimum absolute atomic E-state index is 0.109. The topological polar surface area (TPSA) is 19.5 Å². The fourth-order valence-electron chi connectivity index (χ4n) is 1.57. The molecule has 0 fully saturated rings. The second-order valence-electron chi connectivity index (χ2n) is 4.97. The predicted molar refractivity (Wildman–Crippen MR) is 70.9 cm³/mol. The van der Waals surface area contributed by atoms with E-state index in [0.29, 0.717) is 0 Å².